The molecule has 0 atom stereocenters. The van der Waals surface area contributed by atoms with Crippen molar-refractivity contribution in [1.82, 2.24) is 14.8 Å². The zero-order valence-corrected chi connectivity index (χ0v) is 27.2. The van der Waals surface area contributed by atoms with Crippen LogP contribution in [0.4, 0.5) is 27.8 Å². The Balaban J connectivity index is 1.25. The predicted molar refractivity (Wildman–Crippen MR) is 181 cm³/mol. The van der Waals surface area contributed by atoms with Crippen molar-refractivity contribution in [3.05, 3.63) is 137 Å². The quantitative estimate of drug-likeness (QED) is 0.167. The maximum atomic E-state index is 14.6. The monoisotopic (exact) mass is 672 g/mol. The van der Waals surface area contributed by atoms with Gasteiger partial charge in [-0.1, -0.05) is 55.1 Å². The van der Waals surface area contributed by atoms with Gasteiger partial charge in [0.25, 0.3) is 0 Å². The van der Waals surface area contributed by atoms with E-state index in [9.17, 15) is 26.7 Å². The van der Waals surface area contributed by atoms with Gasteiger partial charge in [-0.3, -0.25) is 4.79 Å². The van der Waals surface area contributed by atoms with Gasteiger partial charge in [0.1, 0.15) is 12.4 Å². The van der Waals surface area contributed by atoms with Crippen LogP contribution in [-0.4, -0.2) is 53.4 Å². The van der Waals surface area contributed by atoms with Crippen LogP contribution in [0.2, 0.25) is 0 Å². The van der Waals surface area contributed by atoms with Crippen LogP contribution in [0.25, 0.3) is 16.7 Å². The van der Waals surface area contributed by atoms with Crippen molar-refractivity contribution in [3.8, 4) is 11.1 Å². The number of likely N-dealkylation sites (tertiary alicyclic amines) is 1. The third kappa shape index (κ3) is 7.75. The summed E-state index contributed by atoms with van der Waals surface area (Å²) >= 11 is 0. The highest BCUT2D eigenvalue weighted by Gasteiger charge is 2.32. The number of hydrogen-bond donors (Lipinski definition) is 0. The average Bonchev–Trinajstić information content (AvgIpc) is 3.09. The minimum atomic E-state index is -4.40. The number of carbonyl (C=O) groups is 1. The molecule has 1 fully saturated rings. The number of aryl methyl sites for hydroxylation is 1. The highest BCUT2D eigenvalue weighted by atomic mass is 19.4. The molecule has 0 bridgehead atoms. The maximum absolute atomic E-state index is 14.6. The highest BCUT2D eigenvalue weighted by molar-refractivity contribution is 5.89. The van der Waals surface area contributed by atoms with Crippen molar-refractivity contribution in [3.63, 3.8) is 0 Å². The minimum absolute atomic E-state index is 0.00457. The van der Waals surface area contributed by atoms with Gasteiger partial charge in [-0.05, 0) is 110 Å². The van der Waals surface area contributed by atoms with Crippen molar-refractivity contribution in [2.75, 3.05) is 31.6 Å². The summed E-state index contributed by atoms with van der Waals surface area (Å²) in [6.45, 7) is 6.23. The summed E-state index contributed by atoms with van der Waals surface area (Å²) in [4.78, 5) is 25.0. The second-order valence-electron chi connectivity index (χ2n) is 12.7. The van der Waals surface area contributed by atoms with E-state index in [4.69, 9.17) is 0 Å². The third-order valence-corrected chi connectivity index (χ3v) is 9.35. The molecule has 0 unspecified atom stereocenters. The largest absolute Gasteiger partial charge is 0.416 e. The van der Waals surface area contributed by atoms with E-state index in [2.05, 4.69) is 23.5 Å². The van der Waals surface area contributed by atoms with Gasteiger partial charge in [0, 0.05) is 30.0 Å². The first-order valence-corrected chi connectivity index (χ1v) is 16.3. The lowest BCUT2D eigenvalue weighted by Gasteiger charge is -2.39. The Morgan fingerprint density at radius 2 is 1.59 bits per heavy atom. The number of rotatable bonds is 9. The Morgan fingerprint density at radius 3 is 2.27 bits per heavy atom. The molecule has 0 radical (unpaired) electrons. The van der Waals surface area contributed by atoms with Gasteiger partial charge in [0.05, 0.1) is 5.56 Å². The van der Waals surface area contributed by atoms with Crippen LogP contribution in [-0.2, 0) is 23.9 Å². The van der Waals surface area contributed by atoms with Gasteiger partial charge >= 0.3 is 6.18 Å². The van der Waals surface area contributed by atoms with Crippen LogP contribution in [0, 0.1) is 11.6 Å². The average molecular weight is 673 g/mol. The molecule has 2 aliphatic rings. The van der Waals surface area contributed by atoms with E-state index in [1.807, 2.05) is 52.3 Å². The van der Waals surface area contributed by atoms with Crippen LogP contribution < -0.4 is 4.90 Å². The van der Waals surface area contributed by atoms with Gasteiger partial charge in [-0.15, -0.1) is 0 Å². The van der Waals surface area contributed by atoms with E-state index in [0.29, 0.717) is 24.3 Å². The number of allylic oxidation sites excluding steroid dienone is 3. The molecule has 6 rings (SSSR count). The summed E-state index contributed by atoms with van der Waals surface area (Å²) < 4.78 is 67.7. The fraction of sp³-hybridized carbons (Fsp3) is 0.282. The number of carbonyl (C=O) groups excluding carboxylic acids is 1. The Morgan fingerprint density at radius 1 is 0.918 bits per heavy atom. The van der Waals surface area contributed by atoms with Crippen molar-refractivity contribution in [2.45, 2.75) is 44.4 Å². The zero-order valence-electron chi connectivity index (χ0n) is 27.2. The molecule has 1 saturated heterocycles. The number of amides is 1. The fourth-order valence-electron chi connectivity index (χ4n) is 6.55. The van der Waals surface area contributed by atoms with Crippen LogP contribution in [0.15, 0.2) is 103 Å². The van der Waals surface area contributed by atoms with Gasteiger partial charge in [0.15, 0.2) is 11.6 Å². The summed E-state index contributed by atoms with van der Waals surface area (Å²) in [6.07, 6.45) is 1.31. The van der Waals surface area contributed by atoms with Crippen LogP contribution in [0.5, 0.6) is 0 Å². The SMILES string of the molecule is C=C1C=C(CCc2cccc(F)c2F)N(CC(=O)N(Cc2ccc(-c3ccc(C(F)(F)F)cc3)cc2)C2CCN(C)CC2)c2ncccc21. The van der Waals surface area contributed by atoms with Crippen LogP contribution >= 0.6 is 0 Å². The number of alkyl halides is 3. The summed E-state index contributed by atoms with van der Waals surface area (Å²) in [6, 6.07) is 20.4. The van der Waals surface area contributed by atoms with Crippen molar-refractivity contribution in [1.29, 1.82) is 0 Å². The molecule has 0 aliphatic carbocycles. The molecule has 0 saturated carbocycles. The first-order chi connectivity index (χ1) is 23.5. The normalized spacial score (nSPS) is 15.6. The molecule has 0 N–H and O–H groups in total. The Kier molecular flexibility index (Phi) is 9.96. The topological polar surface area (TPSA) is 39.7 Å². The number of halogens is 5. The summed E-state index contributed by atoms with van der Waals surface area (Å²) in [5.74, 6) is -1.30. The van der Waals surface area contributed by atoms with E-state index in [-0.39, 0.29) is 30.5 Å². The summed E-state index contributed by atoms with van der Waals surface area (Å²) in [5, 5.41) is 0. The number of pyridine rings is 1. The molecule has 49 heavy (non-hydrogen) atoms. The third-order valence-electron chi connectivity index (χ3n) is 9.35. The van der Waals surface area contributed by atoms with E-state index in [1.165, 1.54) is 18.2 Å². The summed E-state index contributed by atoms with van der Waals surface area (Å²) in [7, 11) is 2.06. The molecule has 254 valence electrons. The highest BCUT2D eigenvalue weighted by Crippen LogP contribution is 2.36. The standard InChI is InChI=1S/C39H37F5N4O/c1-26-23-33(17-14-30-5-3-7-35(40)37(30)41)48(38-34(26)6-4-20-45-38)25-36(49)47(32-18-21-46(2)22-19-32)24-27-8-10-28(11-9-27)29-12-15-31(16-13-29)39(42,43)44/h3-13,15-16,20,23,32H,1,14,17-19,21-22,24-25H2,2H3. The molecule has 1 aromatic heterocycles. The lowest BCUT2D eigenvalue weighted by atomic mass is 9.98. The van der Waals surface area contributed by atoms with E-state index >= 15 is 0 Å². The van der Waals surface area contributed by atoms with E-state index < -0.39 is 23.4 Å². The molecular weight excluding hydrogens is 635 g/mol. The van der Waals surface area contributed by atoms with Crippen LogP contribution in [0.3, 0.4) is 0 Å². The molecule has 1 amide bonds. The first kappa shape index (κ1) is 34.0. The smallest absolute Gasteiger partial charge is 0.334 e. The lowest BCUT2D eigenvalue weighted by Crippen LogP contribution is -2.49. The van der Waals surface area contributed by atoms with Gasteiger partial charge in [-0.25, -0.2) is 13.8 Å². The number of fused-ring (bicyclic) bond motifs is 1. The molecule has 4 aromatic rings. The maximum Gasteiger partial charge on any atom is 0.416 e. The number of nitrogens with zero attached hydrogens (tertiary/aromatic N) is 4. The number of anilines is 1. The fourth-order valence-corrected chi connectivity index (χ4v) is 6.55. The zero-order chi connectivity index (χ0) is 34.7. The second kappa shape index (κ2) is 14.3. The van der Waals surface area contributed by atoms with Gasteiger partial charge < -0.3 is 14.7 Å². The molecular formula is C39H37F5N4O. The molecule has 5 nitrogen and oxygen atoms in total. The van der Waals surface area contributed by atoms with Gasteiger partial charge in [-0.2, -0.15) is 13.2 Å². The first-order valence-electron chi connectivity index (χ1n) is 16.3. The number of hydrogen-bond acceptors (Lipinski definition) is 4. The summed E-state index contributed by atoms with van der Waals surface area (Å²) in [5.41, 5.74) is 4.13. The van der Waals surface area contributed by atoms with Crippen LogP contribution in [0.1, 0.15) is 41.5 Å². The molecule has 3 aromatic carbocycles. The Hall–Kier alpha value is -4.83. The molecule has 10 heteroatoms. The number of piperidine rings is 1. The lowest BCUT2D eigenvalue weighted by molar-refractivity contribution is -0.137. The Bertz CT molecular complexity index is 1840. The van der Waals surface area contributed by atoms with Crippen molar-refractivity contribution >= 4 is 17.3 Å². The van der Waals surface area contributed by atoms with Gasteiger partial charge in [0.2, 0.25) is 5.91 Å². The van der Waals surface area contributed by atoms with Crippen molar-refractivity contribution in [2.24, 2.45) is 0 Å². The van der Waals surface area contributed by atoms with Crippen molar-refractivity contribution < 1.29 is 26.7 Å². The van der Waals surface area contributed by atoms with E-state index in [0.717, 1.165) is 72.1 Å². The number of aromatic nitrogens is 1. The predicted octanol–water partition coefficient (Wildman–Crippen LogP) is 8.52. The number of benzene rings is 3. The van der Waals surface area contributed by atoms with E-state index in [1.54, 1.807) is 12.3 Å². The molecule has 0 spiro atoms. The Labute approximate surface area is 283 Å². The second-order valence-corrected chi connectivity index (χ2v) is 12.7. The molecule has 3 heterocycles. The minimum Gasteiger partial charge on any atom is -0.334 e. The molecule has 2 aliphatic heterocycles.